The van der Waals surface area contributed by atoms with Crippen molar-refractivity contribution >= 4 is 33.4 Å². The van der Waals surface area contributed by atoms with Crippen molar-refractivity contribution in [3.05, 3.63) is 29.3 Å². The van der Waals surface area contributed by atoms with E-state index in [9.17, 15) is 18.0 Å². The van der Waals surface area contributed by atoms with Crippen LogP contribution in [0.2, 0.25) is 5.02 Å². The Morgan fingerprint density at radius 1 is 1.27 bits per heavy atom. The van der Waals surface area contributed by atoms with Gasteiger partial charge in [-0.2, -0.15) is 4.31 Å². The number of benzene rings is 1. The van der Waals surface area contributed by atoms with Crippen molar-refractivity contribution in [2.45, 2.75) is 37.4 Å². The van der Waals surface area contributed by atoms with E-state index in [1.165, 1.54) is 28.6 Å². The molecule has 144 valence electrons. The van der Waals surface area contributed by atoms with E-state index in [2.05, 4.69) is 10.6 Å². The number of rotatable bonds is 5. The van der Waals surface area contributed by atoms with Gasteiger partial charge in [-0.15, -0.1) is 0 Å². The van der Waals surface area contributed by atoms with Gasteiger partial charge < -0.3 is 15.4 Å². The number of amides is 2. The highest BCUT2D eigenvalue weighted by Gasteiger charge is 2.34. The molecule has 8 nitrogen and oxygen atoms in total. The molecule has 0 spiro atoms. The zero-order valence-corrected chi connectivity index (χ0v) is 16.1. The van der Waals surface area contributed by atoms with Gasteiger partial charge in [0.05, 0.1) is 18.0 Å². The van der Waals surface area contributed by atoms with Crippen molar-refractivity contribution in [2.75, 3.05) is 19.7 Å². The number of sulfonamides is 1. The molecule has 1 heterocycles. The van der Waals surface area contributed by atoms with E-state index in [0.29, 0.717) is 18.1 Å². The second kappa shape index (κ2) is 8.81. The summed E-state index contributed by atoms with van der Waals surface area (Å²) >= 11 is 5.81. The third-order valence-corrected chi connectivity index (χ3v) is 5.79. The van der Waals surface area contributed by atoms with Crippen molar-refractivity contribution in [3.63, 3.8) is 0 Å². The quantitative estimate of drug-likeness (QED) is 0.705. The van der Waals surface area contributed by atoms with Crippen LogP contribution in [0.15, 0.2) is 29.2 Å². The maximum Gasteiger partial charge on any atom is 0.309 e. The summed E-state index contributed by atoms with van der Waals surface area (Å²) in [5.41, 5.74) is 0. The molecule has 0 aromatic heterocycles. The third kappa shape index (κ3) is 5.16. The Kier molecular flexibility index (Phi) is 6.99. The van der Waals surface area contributed by atoms with Gasteiger partial charge in [0.25, 0.3) is 0 Å². The van der Waals surface area contributed by atoms with E-state index in [1.54, 1.807) is 13.8 Å². The Labute approximate surface area is 157 Å². The summed E-state index contributed by atoms with van der Waals surface area (Å²) in [6.07, 6.45) is -0.356. The first-order valence-electron chi connectivity index (χ1n) is 8.19. The monoisotopic (exact) mass is 403 g/mol. The molecule has 1 aliphatic rings. The first-order chi connectivity index (χ1) is 12.2. The zero-order valence-electron chi connectivity index (χ0n) is 14.6. The predicted molar refractivity (Wildman–Crippen MR) is 96.0 cm³/mol. The van der Waals surface area contributed by atoms with Gasteiger partial charge in [-0.3, -0.25) is 9.59 Å². The summed E-state index contributed by atoms with van der Waals surface area (Å²) in [6, 6.07) is 5.63. The molecule has 1 aromatic carbocycles. The van der Waals surface area contributed by atoms with E-state index in [-0.39, 0.29) is 24.0 Å². The Hall–Kier alpha value is -1.68. The molecular weight excluding hydrogens is 382 g/mol. The van der Waals surface area contributed by atoms with Crippen LogP contribution in [-0.2, 0) is 24.3 Å². The van der Waals surface area contributed by atoms with Crippen LogP contribution >= 0.6 is 11.6 Å². The molecule has 2 amide bonds. The second-order valence-corrected chi connectivity index (χ2v) is 8.41. The SMILES string of the molecule is CC(C)NC(=O)C(=O)NCC1OCCCN1S(=O)(=O)c1ccc(Cl)cc1. The molecule has 2 N–H and O–H groups in total. The van der Waals surface area contributed by atoms with Gasteiger partial charge >= 0.3 is 11.8 Å². The van der Waals surface area contributed by atoms with Crippen molar-refractivity contribution in [1.82, 2.24) is 14.9 Å². The minimum atomic E-state index is -3.82. The topological polar surface area (TPSA) is 105 Å². The van der Waals surface area contributed by atoms with Crippen LogP contribution in [0.3, 0.4) is 0 Å². The van der Waals surface area contributed by atoms with Crippen LogP contribution in [0.1, 0.15) is 20.3 Å². The fourth-order valence-electron chi connectivity index (χ4n) is 2.43. The molecule has 0 radical (unpaired) electrons. The van der Waals surface area contributed by atoms with Crippen LogP contribution < -0.4 is 10.6 Å². The van der Waals surface area contributed by atoms with Crippen LogP contribution in [-0.4, -0.2) is 56.5 Å². The summed E-state index contributed by atoms with van der Waals surface area (Å²) in [5.74, 6) is -1.61. The molecule has 2 rings (SSSR count). The highest BCUT2D eigenvalue weighted by Crippen LogP contribution is 2.23. The van der Waals surface area contributed by atoms with E-state index in [4.69, 9.17) is 16.3 Å². The van der Waals surface area contributed by atoms with Crippen molar-refractivity contribution in [1.29, 1.82) is 0 Å². The zero-order chi connectivity index (χ0) is 19.3. The number of nitrogens with one attached hydrogen (secondary N) is 2. The minimum Gasteiger partial charge on any atom is -0.360 e. The highest BCUT2D eigenvalue weighted by atomic mass is 35.5. The molecule has 10 heteroatoms. The summed E-state index contributed by atoms with van der Waals surface area (Å²) in [4.78, 5) is 23.6. The smallest absolute Gasteiger partial charge is 0.309 e. The summed E-state index contributed by atoms with van der Waals surface area (Å²) in [7, 11) is -3.82. The average molecular weight is 404 g/mol. The summed E-state index contributed by atoms with van der Waals surface area (Å²) < 4.78 is 32.4. The maximum absolute atomic E-state index is 12.8. The Balaban J connectivity index is 2.08. The van der Waals surface area contributed by atoms with Gasteiger partial charge in [0, 0.05) is 17.6 Å². The number of carbonyl (C=O) groups excluding carboxylic acids is 2. The largest absolute Gasteiger partial charge is 0.360 e. The van der Waals surface area contributed by atoms with Gasteiger partial charge in [-0.25, -0.2) is 8.42 Å². The van der Waals surface area contributed by atoms with Crippen LogP contribution in [0.4, 0.5) is 0 Å². The molecular formula is C16H22ClN3O5S. The summed E-state index contributed by atoms with van der Waals surface area (Å²) in [6.45, 7) is 3.96. The summed E-state index contributed by atoms with van der Waals surface area (Å²) in [5, 5.41) is 5.31. The number of hydrogen-bond acceptors (Lipinski definition) is 5. The Morgan fingerprint density at radius 2 is 1.92 bits per heavy atom. The molecule has 1 fully saturated rings. The van der Waals surface area contributed by atoms with Crippen molar-refractivity contribution in [2.24, 2.45) is 0 Å². The van der Waals surface area contributed by atoms with Gasteiger partial charge in [-0.1, -0.05) is 11.6 Å². The lowest BCUT2D eigenvalue weighted by Gasteiger charge is -2.34. The molecule has 26 heavy (non-hydrogen) atoms. The van der Waals surface area contributed by atoms with Gasteiger partial charge in [0.15, 0.2) is 0 Å². The first kappa shape index (κ1) is 20.6. The lowest BCUT2D eigenvalue weighted by Crippen LogP contribution is -2.53. The number of ether oxygens (including phenoxy) is 1. The first-order valence-corrected chi connectivity index (χ1v) is 10.0. The number of hydrogen-bond donors (Lipinski definition) is 2. The van der Waals surface area contributed by atoms with Crippen molar-refractivity contribution < 1.29 is 22.7 Å². The standard InChI is InChI=1S/C16H22ClN3O5S/c1-11(2)19-16(22)15(21)18-10-14-20(8-3-9-25-14)26(23,24)13-6-4-12(17)5-7-13/h4-7,11,14H,3,8-10H2,1-2H3,(H,18,21)(H,19,22). The number of carbonyl (C=O) groups is 2. The molecule has 1 atom stereocenters. The fourth-order valence-corrected chi connectivity index (χ4v) is 4.12. The van der Waals surface area contributed by atoms with Crippen molar-refractivity contribution in [3.8, 4) is 0 Å². The van der Waals surface area contributed by atoms with E-state index < -0.39 is 28.1 Å². The lowest BCUT2D eigenvalue weighted by molar-refractivity contribution is -0.140. The molecule has 0 aliphatic carbocycles. The Bertz CT molecular complexity index is 752. The van der Waals surface area contributed by atoms with Gasteiger partial charge in [0.2, 0.25) is 10.0 Å². The van der Waals surface area contributed by atoms with Crippen LogP contribution in [0.25, 0.3) is 0 Å². The van der Waals surface area contributed by atoms with Gasteiger partial charge in [-0.05, 0) is 44.5 Å². The maximum atomic E-state index is 12.8. The minimum absolute atomic E-state index is 0.0845. The second-order valence-electron chi connectivity index (χ2n) is 6.09. The van der Waals surface area contributed by atoms with Crippen LogP contribution in [0, 0.1) is 0 Å². The van der Waals surface area contributed by atoms with E-state index in [0.717, 1.165) is 0 Å². The highest BCUT2D eigenvalue weighted by molar-refractivity contribution is 7.89. The van der Waals surface area contributed by atoms with Gasteiger partial charge in [0.1, 0.15) is 6.23 Å². The fraction of sp³-hybridized carbons (Fsp3) is 0.500. The molecule has 1 aliphatic heterocycles. The molecule has 1 unspecified atom stereocenters. The van der Waals surface area contributed by atoms with E-state index >= 15 is 0 Å². The molecule has 0 bridgehead atoms. The van der Waals surface area contributed by atoms with Crippen LogP contribution in [0.5, 0.6) is 0 Å². The molecule has 1 aromatic rings. The number of halogens is 1. The number of nitrogens with zero attached hydrogens (tertiary/aromatic N) is 1. The molecule has 0 saturated carbocycles. The molecule has 1 saturated heterocycles. The third-order valence-electron chi connectivity index (χ3n) is 3.64. The van der Waals surface area contributed by atoms with E-state index in [1.807, 2.05) is 0 Å². The normalized spacial score (nSPS) is 18.5. The average Bonchev–Trinajstić information content (AvgIpc) is 2.59. The predicted octanol–water partition coefficient (Wildman–Crippen LogP) is 0.718. The Morgan fingerprint density at radius 3 is 2.54 bits per heavy atom. The lowest BCUT2D eigenvalue weighted by atomic mass is 10.3.